The average molecular weight is 659 g/mol. The quantitative estimate of drug-likeness (QED) is 0.208. The molecule has 0 N–H and O–H groups in total. The number of methoxy groups -OCH3 is 2. The van der Waals surface area contributed by atoms with Gasteiger partial charge in [0.1, 0.15) is 6.10 Å². The highest BCUT2D eigenvalue weighted by atomic mass is 19.4. The third kappa shape index (κ3) is 7.54. The van der Waals surface area contributed by atoms with Crippen LogP contribution in [-0.4, -0.2) is 67.2 Å². The number of halogens is 6. The number of carbonyl (C=O) groups excluding carboxylic acids is 2. The number of cyclic esters (lactones) is 1. The fourth-order valence-electron chi connectivity index (χ4n) is 6.51. The number of alkyl halides is 6. The van der Waals surface area contributed by atoms with Crippen molar-refractivity contribution in [3.63, 3.8) is 0 Å². The van der Waals surface area contributed by atoms with Crippen molar-refractivity contribution in [2.45, 2.75) is 91.2 Å². The SMILES string of the molecule is COC(=O)C(C)(C)Cc1cnc(OC)c(C2=C(CN3C(=O)O[C@H](C4=CC(C(F)(F)F)CC(C(F)(F)F)=C4)[C@@H]3C)CC(C)(C)CC2)c1. The van der Waals surface area contributed by atoms with Crippen molar-refractivity contribution >= 4 is 17.6 Å². The van der Waals surface area contributed by atoms with Crippen molar-refractivity contribution < 1.29 is 50.1 Å². The Morgan fingerprint density at radius 2 is 1.83 bits per heavy atom. The lowest BCUT2D eigenvalue weighted by atomic mass is 9.72. The molecule has 7 nitrogen and oxygen atoms in total. The van der Waals surface area contributed by atoms with E-state index in [4.69, 9.17) is 14.2 Å². The second-order valence-corrected chi connectivity index (χ2v) is 13.7. The number of hydrogen-bond acceptors (Lipinski definition) is 6. The molecule has 0 bridgehead atoms. The van der Waals surface area contributed by atoms with Crippen molar-refractivity contribution in [2.75, 3.05) is 20.8 Å². The fraction of sp³-hybridized carbons (Fsp3) is 0.606. The van der Waals surface area contributed by atoms with Gasteiger partial charge in [0.15, 0.2) is 0 Å². The molecule has 2 aliphatic carbocycles. The molecular weight excluding hydrogens is 618 g/mol. The van der Waals surface area contributed by atoms with Crippen molar-refractivity contribution in [3.8, 4) is 5.88 Å². The Morgan fingerprint density at radius 1 is 1.15 bits per heavy atom. The average Bonchev–Trinajstić information content (AvgIpc) is 3.23. The third-order valence-electron chi connectivity index (χ3n) is 9.02. The molecule has 0 aromatic carbocycles. The van der Waals surface area contributed by atoms with Gasteiger partial charge in [0.25, 0.3) is 0 Å². The largest absolute Gasteiger partial charge is 0.481 e. The summed E-state index contributed by atoms with van der Waals surface area (Å²) < 4.78 is 97.8. The van der Waals surface area contributed by atoms with Crippen LogP contribution in [0.25, 0.3) is 5.57 Å². The number of rotatable bonds is 8. The highest BCUT2D eigenvalue weighted by molar-refractivity contribution is 5.78. The molecule has 1 fully saturated rings. The number of carbonyl (C=O) groups is 2. The Balaban J connectivity index is 1.72. The van der Waals surface area contributed by atoms with Crippen LogP contribution in [0.1, 0.15) is 71.4 Å². The van der Waals surface area contributed by atoms with Crippen LogP contribution in [-0.2, 0) is 20.7 Å². The van der Waals surface area contributed by atoms with Crippen LogP contribution < -0.4 is 4.74 Å². The summed E-state index contributed by atoms with van der Waals surface area (Å²) in [6, 6.07) is 1.04. The molecule has 1 unspecified atom stereocenters. The molecule has 1 saturated heterocycles. The van der Waals surface area contributed by atoms with Gasteiger partial charge in [-0.15, -0.1) is 0 Å². The normalized spacial score (nSPS) is 24.0. The number of aromatic nitrogens is 1. The van der Waals surface area contributed by atoms with Crippen LogP contribution in [0.2, 0.25) is 0 Å². The van der Waals surface area contributed by atoms with Gasteiger partial charge in [0.05, 0.1) is 31.6 Å². The standard InChI is InChI=1S/C33H40F6N2O5/c1-18-26(20-11-22(32(34,35)36)13-23(12-20)33(37,38)39)46-29(43)41(18)17-21-15-30(2,3)9-8-24(21)25-10-19(16-40-27(25)44-6)14-31(4,5)28(42)45-7/h10-12,16,18,22,26H,8-9,13-15,17H2,1-7H3/t18-,22?,26-/m0/s1. The molecule has 0 saturated carbocycles. The molecule has 2 heterocycles. The number of esters is 1. The number of pyridine rings is 1. The molecule has 4 rings (SSSR count). The summed E-state index contributed by atoms with van der Waals surface area (Å²) in [4.78, 5) is 31.4. The Bertz CT molecular complexity index is 1460. The number of ether oxygens (including phenoxy) is 3. The van der Waals surface area contributed by atoms with Gasteiger partial charge in [0, 0.05) is 23.9 Å². The first-order chi connectivity index (χ1) is 21.2. The monoisotopic (exact) mass is 658 g/mol. The highest BCUT2D eigenvalue weighted by Gasteiger charge is 2.49. The van der Waals surface area contributed by atoms with Gasteiger partial charge >= 0.3 is 24.4 Å². The molecule has 254 valence electrons. The van der Waals surface area contributed by atoms with E-state index in [1.807, 2.05) is 6.07 Å². The molecule has 0 radical (unpaired) electrons. The molecule has 1 aliphatic heterocycles. The van der Waals surface area contributed by atoms with Crippen molar-refractivity contribution in [2.24, 2.45) is 16.7 Å². The summed E-state index contributed by atoms with van der Waals surface area (Å²) in [5.74, 6) is -2.39. The first kappa shape index (κ1) is 35.3. The Hall–Kier alpha value is -3.51. The van der Waals surface area contributed by atoms with E-state index in [0.717, 1.165) is 29.2 Å². The maximum absolute atomic E-state index is 13.6. The molecule has 1 aromatic rings. The summed E-state index contributed by atoms with van der Waals surface area (Å²) in [5.41, 5.74) is 0.526. The number of allylic oxidation sites excluding steroid dienone is 3. The second kappa shape index (κ2) is 12.6. The zero-order chi connectivity index (χ0) is 34.4. The predicted molar refractivity (Wildman–Crippen MR) is 158 cm³/mol. The zero-order valence-electron chi connectivity index (χ0n) is 27.0. The first-order valence-corrected chi connectivity index (χ1v) is 15.0. The van der Waals surface area contributed by atoms with Crippen LogP contribution in [0, 0.1) is 16.7 Å². The van der Waals surface area contributed by atoms with E-state index in [9.17, 15) is 35.9 Å². The summed E-state index contributed by atoms with van der Waals surface area (Å²) in [5, 5.41) is 0. The van der Waals surface area contributed by atoms with Gasteiger partial charge in [-0.2, -0.15) is 26.3 Å². The van der Waals surface area contributed by atoms with E-state index in [-0.39, 0.29) is 23.5 Å². The minimum atomic E-state index is -4.96. The van der Waals surface area contributed by atoms with E-state index >= 15 is 0 Å². The molecule has 0 spiro atoms. The first-order valence-electron chi connectivity index (χ1n) is 15.0. The Kier molecular flexibility index (Phi) is 9.68. The molecular formula is C33H40F6N2O5. The zero-order valence-corrected chi connectivity index (χ0v) is 27.0. The van der Waals surface area contributed by atoms with Gasteiger partial charge in [-0.3, -0.25) is 9.69 Å². The number of nitrogens with zero attached hydrogens (tertiary/aromatic N) is 2. The molecule has 3 aliphatic rings. The van der Waals surface area contributed by atoms with E-state index in [2.05, 4.69) is 18.8 Å². The minimum Gasteiger partial charge on any atom is -0.481 e. The van der Waals surface area contributed by atoms with Gasteiger partial charge in [-0.05, 0) is 92.7 Å². The Morgan fingerprint density at radius 3 is 2.41 bits per heavy atom. The topological polar surface area (TPSA) is 78.0 Å². The lowest BCUT2D eigenvalue weighted by Crippen LogP contribution is -2.38. The summed E-state index contributed by atoms with van der Waals surface area (Å²) in [6.07, 6.45) is -7.93. The van der Waals surface area contributed by atoms with E-state index in [1.165, 1.54) is 19.1 Å². The van der Waals surface area contributed by atoms with E-state index < -0.39 is 53.9 Å². The van der Waals surface area contributed by atoms with Crippen LogP contribution in [0.4, 0.5) is 31.1 Å². The molecule has 1 aromatic heterocycles. The molecule has 1 amide bonds. The lowest BCUT2D eigenvalue weighted by Gasteiger charge is -2.36. The van der Waals surface area contributed by atoms with Crippen LogP contribution in [0.5, 0.6) is 5.88 Å². The van der Waals surface area contributed by atoms with Gasteiger partial charge in [0.2, 0.25) is 5.88 Å². The third-order valence-corrected chi connectivity index (χ3v) is 9.02. The highest BCUT2D eigenvalue weighted by Crippen LogP contribution is 2.47. The van der Waals surface area contributed by atoms with Crippen molar-refractivity contribution in [1.29, 1.82) is 0 Å². The smallest absolute Gasteiger partial charge is 0.412 e. The second-order valence-electron chi connectivity index (χ2n) is 13.7. The Labute approximate surface area is 264 Å². The van der Waals surface area contributed by atoms with Gasteiger partial charge in [-0.25, -0.2) is 9.78 Å². The van der Waals surface area contributed by atoms with Crippen LogP contribution in [0.3, 0.4) is 0 Å². The molecule has 13 heteroatoms. The minimum absolute atomic E-state index is 0.0438. The van der Waals surface area contributed by atoms with Crippen molar-refractivity contribution in [3.05, 3.63) is 52.3 Å². The van der Waals surface area contributed by atoms with Crippen LogP contribution in [0.15, 0.2) is 41.1 Å². The summed E-state index contributed by atoms with van der Waals surface area (Å²) in [6.45, 7) is 9.29. The van der Waals surface area contributed by atoms with Crippen LogP contribution >= 0.6 is 0 Å². The summed E-state index contributed by atoms with van der Waals surface area (Å²) >= 11 is 0. The fourth-order valence-corrected chi connectivity index (χ4v) is 6.51. The number of amides is 1. The molecule has 46 heavy (non-hydrogen) atoms. The van der Waals surface area contributed by atoms with Gasteiger partial charge in [-0.1, -0.05) is 19.9 Å². The van der Waals surface area contributed by atoms with E-state index in [0.29, 0.717) is 36.8 Å². The maximum Gasteiger partial charge on any atom is 0.412 e. The maximum atomic E-state index is 13.6. The summed E-state index contributed by atoms with van der Waals surface area (Å²) in [7, 11) is 2.80. The van der Waals surface area contributed by atoms with Crippen molar-refractivity contribution in [1.82, 2.24) is 9.88 Å². The predicted octanol–water partition coefficient (Wildman–Crippen LogP) is 8.00. The van der Waals surface area contributed by atoms with Gasteiger partial charge < -0.3 is 14.2 Å². The number of hydrogen-bond donors (Lipinski definition) is 0. The van der Waals surface area contributed by atoms with E-state index in [1.54, 1.807) is 27.0 Å². The molecule has 3 atom stereocenters. The lowest BCUT2D eigenvalue weighted by molar-refractivity contribution is -0.166.